The van der Waals surface area contributed by atoms with E-state index in [4.69, 9.17) is 15.3 Å². The summed E-state index contributed by atoms with van der Waals surface area (Å²) in [5.74, 6) is -1.17. The van der Waals surface area contributed by atoms with Gasteiger partial charge in [0, 0.05) is 25.7 Å². The van der Waals surface area contributed by atoms with E-state index in [1.165, 1.54) is 30.3 Å². The third-order valence-electron chi connectivity index (χ3n) is 6.90. The van der Waals surface area contributed by atoms with Gasteiger partial charge in [-0.1, -0.05) is 27.2 Å². The van der Waals surface area contributed by atoms with E-state index in [9.17, 15) is 9.18 Å². The molecule has 2 aliphatic rings. The van der Waals surface area contributed by atoms with Crippen molar-refractivity contribution in [3.05, 3.63) is 23.8 Å². The van der Waals surface area contributed by atoms with Gasteiger partial charge in [0.05, 0.1) is 5.69 Å². The van der Waals surface area contributed by atoms with Crippen LogP contribution in [0.5, 0.6) is 0 Å². The number of halogens is 1. The Morgan fingerprint density at radius 3 is 2.43 bits per heavy atom. The lowest BCUT2D eigenvalue weighted by atomic mass is 9.76. The van der Waals surface area contributed by atoms with Crippen LogP contribution in [-0.2, 0) is 0 Å². The minimum Gasteiger partial charge on any atom is -0.368 e. The van der Waals surface area contributed by atoms with Crippen LogP contribution in [0.3, 0.4) is 0 Å². The summed E-state index contributed by atoms with van der Waals surface area (Å²) in [4.78, 5) is 19.9. The van der Waals surface area contributed by atoms with Crippen LogP contribution >= 0.6 is 0 Å². The molecule has 2 saturated heterocycles. The minimum atomic E-state index is -3.38. The highest BCUT2D eigenvalue weighted by atomic mass is 19.1. The number of likely N-dealkylation sites (tertiary alicyclic amines) is 1. The summed E-state index contributed by atoms with van der Waals surface area (Å²) >= 11 is 0. The molecule has 1 atom stereocenters. The number of carbonyl (C=O) groups is 1. The van der Waals surface area contributed by atoms with Gasteiger partial charge in [-0.05, 0) is 49.3 Å². The molecule has 1 aromatic heterocycles. The number of anilines is 1. The molecule has 0 aliphatic carbocycles. The molecule has 0 aromatic carbocycles. The van der Waals surface area contributed by atoms with Crippen LogP contribution in [0.1, 0.15) is 56.9 Å². The zero-order valence-electron chi connectivity index (χ0n) is 17.9. The molecule has 4 N–H and O–H groups in total. The predicted molar refractivity (Wildman–Crippen MR) is 110 cm³/mol. The number of pyridine rings is 1. The Morgan fingerprint density at radius 2 is 1.87 bits per heavy atom. The number of piperidine rings is 1. The average molecular weight is 425 g/mol. The first-order valence-corrected chi connectivity index (χ1v) is 10.7. The van der Waals surface area contributed by atoms with Crippen LogP contribution in [0, 0.1) is 17.3 Å². The highest BCUT2D eigenvalue weighted by molar-refractivity contribution is 5.92. The Morgan fingerprint density at radius 1 is 1.20 bits per heavy atom. The summed E-state index contributed by atoms with van der Waals surface area (Å²) in [6, 6.07) is 3.26. The largest absolute Gasteiger partial charge is 0.369 e. The second-order valence-electron chi connectivity index (χ2n) is 9.14. The molecule has 0 bridgehead atoms. The Hall–Kier alpha value is -1.81. The lowest BCUT2D eigenvalue weighted by Crippen LogP contribution is -2.48. The number of rotatable bonds is 6. The van der Waals surface area contributed by atoms with E-state index in [1.807, 2.05) is 4.90 Å². The van der Waals surface area contributed by atoms with Crippen LogP contribution in [0.15, 0.2) is 12.1 Å². The number of carbonyl (C=O) groups excluding carboxylic acids is 1. The summed E-state index contributed by atoms with van der Waals surface area (Å²) < 4.78 is 14.5. The number of hydrogen-bond donors (Lipinski definition) is 4. The van der Waals surface area contributed by atoms with Crippen molar-refractivity contribution in [2.75, 3.05) is 31.1 Å². The molecule has 30 heavy (non-hydrogen) atoms. The van der Waals surface area contributed by atoms with Gasteiger partial charge in [0.15, 0.2) is 0 Å². The molecule has 168 valence electrons. The first-order chi connectivity index (χ1) is 14.0. The summed E-state index contributed by atoms with van der Waals surface area (Å²) in [6.45, 7) is 10.6. The van der Waals surface area contributed by atoms with Gasteiger partial charge in [-0.25, -0.2) is 4.98 Å². The molecule has 3 heterocycles. The lowest BCUT2D eigenvalue weighted by Gasteiger charge is -2.38. The molecule has 1 unspecified atom stereocenters. The van der Waals surface area contributed by atoms with Gasteiger partial charge in [0.2, 0.25) is 5.95 Å². The Kier molecular flexibility index (Phi) is 6.66. The molecule has 9 heteroatoms. The first kappa shape index (κ1) is 22.9. The topological polar surface area (TPSA) is 109 Å². The van der Waals surface area contributed by atoms with Crippen LogP contribution in [-0.4, -0.2) is 69.4 Å². The van der Waals surface area contributed by atoms with E-state index in [-0.39, 0.29) is 5.69 Å². The van der Waals surface area contributed by atoms with E-state index in [0.717, 1.165) is 31.8 Å². The molecule has 1 amide bonds. The molecule has 8 nitrogen and oxygen atoms in total. The van der Waals surface area contributed by atoms with Crippen molar-refractivity contribution >= 4 is 11.6 Å². The molecule has 1 aromatic rings. The smallest absolute Gasteiger partial charge is 0.368 e. The van der Waals surface area contributed by atoms with Gasteiger partial charge in [0.25, 0.3) is 5.91 Å². The van der Waals surface area contributed by atoms with Crippen molar-refractivity contribution in [1.82, 2.24) is 15.2 Å². The molecule has 0 radical (unpaired) electrons. The number of hydrogen-bond acceptors (Lipinski definition) is 7. The summed E-state index contributed by atoms with van der Waals surface area (Å²) in [5.41, 5.74) is 0.328. The number of nitrogens with one attached hydrogen (secondary N) is 1. The molecule has 0 spiro atoms. The van der Waals surface area contributed by atoms with E-state index in [0.29, 0.717) is 30.2 Å². The molecule has 2 fully saturated rings. The maximum absolute atomic E-state index is 14.5. The fourth-order valence-electron chi connectivity index (χ4n) is 4.52. The fraction of sp³-hybridized carbons (Fsp3) is 0.714. The second kappa shape index (κ2) is 8.74. The van der Waals surface area contributed by atoms with E-state index < -0.39 is 18.0 Å². The van der Waals surface area contributed by atoms with E-state index >= 15 is 0 Å². The summed E-state index contributed by atoms with van der Waals surface area (Å²) in [5, 5.41) is 27.9. The van der Waals surface area contributed by atoms with Crippen LogP contribution < -0.4 is 10.2 Å². The first-order valence-electron chi connectivity index (χ1n) is 10.7. The standard InChI is InChI=1S/C21H33FN4O4/c1-4-20(2,3)14-7-10-26(13-14)15-8-11-25(12-9-15)17-6-5-16(23-18(17)22)19(27)24-21(28,29)30/h5-6,14-15,28-30H,4,7-13H2,1-3H3,(H,24,27). The highest BCUT2D eigenvalue weighted by Crippen LogP contribution is 2.38. The van der Waals surface area contributed by atoms with Crippen LogP contribution in [0.4, 0.5) is 10.1 Å². The number of aromatic nitrogens is 1. The number of amides is 1. The zero-order chi connectivity index (χ0) is 22.1. The van der Waals surface area contributed by atoms with Gasteiger partial charge >= 0.3 is 6.10 Å². The van der Waals surface area contributed by atoms with Crippen molar-refractivity contribution in [1.29, 1.82) is 0 Å². The van der Waals surface area contributed by atoms with Crippen LogP contribution in [0.2, 0.25) is 0 Å². The predicted octanol–water partition coefficient (Wildman–Crippen LogP) is 1.27. The SMILES string of the molecule is CCC(C)(C)C1CCN(C2CCN(c3ccc(C(=O)NC(O)(O)O)nc3F)CC2)C1. The summed E-state index contributed by atoms with van der Waals surface area (Å²) in [6.07, 6.45) is 0.933. The maximum Gasteiger partial charge on any atom is 0.369 e. The van der Waals surface area contributed by atoms with Crippen molar-refractivity contribution in [3.63, 3.8) is 0 Å². The van der Waals surface area contributed by atoms with Crippen molar-refractivity contribution in [3.8, 4) is 0 Å². The number of aliphatic hydroxyl groups is 3. The molecule has 2 aliphatic heterocycles. The van der Waals surface area contributed by atoms with E-state index in [1.54, 1.807) is 0 Å². The maximum atomic E-state index is 14.5. The summed E-state index contributed by atoms with van der Waals surface area (Å²) in [7, 11) is 0. The Labute approximate surface area is 176 Å². The second-order valence-corrected chi connectivity index (χ2v) is 9.14. The van der Waals surface area contributed by atoms with E-state index in [2.05, 4.69) is 30.7 Å². The number of nitrogens with zero attached hydrogens (tertiary/aromatic N) is 3. The van der Waals surface area contributed by atoms with Crippen molar-refractivity contribution < 1.29 is 24.5 Å². The molecular formula is C21H33FN4O4. The fourth-order valence-corrected chi connectivity index (χ4v) is 4.52. The van der Waals surface area contributed by atoms with Crippen molar-refractivity contribution in [2.24, 2.45) is 11.3 Å². The molecule has 0 saturated carbocycles. The molecule has 3 rings (SSSR count). The molecular weight excluding hydrogens is 391 g/mol. The minimum absolute atomic E-state index is 0.319. The van der Waals surface area contributed by atoms with Crippen LogP contribution in [0.25, 0.3) is 0 Å². The third-order valence-corrected chi connectivity index (χ3v) is 6.90. The van der Waals surface area contributed by atoms with Gasteiger partial charge < -0.3 is 20.2 Å². The van der Waals surface area contributed by atoms with Gasteiger partial charge in [0.1, 0.15) is 5.69 Å². The monoisotopic (exact) mass is 424 g/mol. The van der Waals surface area contributed by atoms with Gasteiger partial charge in [-0.3, -0.25) is 15.0 Å². The quantitative estimate of drug-likeness (QED) is 0.402. The normalized spacial score (nSPS) is 21.8. The van der Waals surface area contributed by atoms with Gasteiger partial charge in [-0.15, -0.1) is 0 Å². The highest BCUT2D eigenvalue weighted by Gasteiger charge is 2.37. The zero-order valence-corrected chi connectivity index (χ0v) is 17.9. The Bertz CT molecular complexity index is 760. The van der Waals surface area contributed by atoms with Crippen molar-refractivity contribution in [2.45, 2.75) is 58.6 Å². The third kappa shape index (κ3) is 5.26. The van der Waals surface area contributed by atoms with Gasteiger partial charge in [-0.2, -0.15) is 4.39 Å². The Balaban J connectivity index is 1.57. The lowest BCUT2D eigenvalue weighted by molar-refractivity contribution is -0.323. The average Bonchev–Trinajstić information content (AvgIpc) is 3.18.